The van der Waals surface area contributed by atoms with Crippen LogP contribution in [0.1, 0.15) is 0 Å². The van der Waals surface area contributed by atoms with Crippen molar-refractivity contribution >= 4 is 11.0 Å². The zero-order valence-corrected chi connectivity index (χ0v) is 16.7. The summed E-state index contributed by atoms with van der Waals surface area (Å²) < 4.78 is 16.4. The molecule has 33 heavy (non-hydrogen) atoms. The molecular formula is C21H20O12. The van der Waals surface area contributed by atoms with Gasteiger partial charge in [0.2, 0.25) is 23.2 Å². The molecule has 0 aliphatic carbocycles. The molecule has 2 heterocycles. The fourth-order valence-corrected chi connectivity index (χ4v) is 3.52. The summed E-state index contributed by atoms with van der Waals surface area (Å²) >= 11 is 0. The average molecular weight is 464 g/mol. The van der Waals surface area contributed by atoms with Gasteiger partial charge in [0.25, 0.3) is 0 Å². The Morgan fingerprint density at radius 3 is 2.30 bits per heavy atom. The van der Waals surface area contributed by atoms with Gasteiger partial charge in [-0.15, -0.1) is 0 Å². The number of ether oxygens (including phenoxy) is 2. The van der Waals surface area contributed by atoms with E-state index in [1.54, 1.807) is 0 Å². The van der Waals surface area contributed by atoms with Crippen molar-refractivity contribution < 1.29 is 54.7 Å². The minimum absolute atomic E-state index is 0.110. The quantitative estimate of drug-likeness (QED) is 0.177. The molecule has 176 valence electrons. The second-order valence-electron chi connectivity index (χ2n) is 7.42. The van der Waals surface area contributed by atoms with Crippen LogP contribution in [0.2, 0.25) is 0 Å². The monoisotopic (exact) mass is 464 g/mol. The summed E-state index contributed by atoms with van der Waals surface area (Å²) in [6.45, 7) is -0.783. The molecule has 0 bridgehead atoms. The SMILES string of the molecule is O=c1c(O[C@@H]2O[C@@H]([C@H](O)CO)C(O)[C@@H]2O)c(-c2ccc(O)cc2)oc2c(O)c(O)cc(O)c12. The molecule has 0 saturated carbocycles. The Morgan fingerprint density at radius 2 is 1.67 bits per heavy atom. The maximum absolute atomic E-state index is 13.2. The molecule has 1 aliphatic heterocycles. The molecule has 0 radical (unpaired) electrons. The molecule has 1 fully saturated rings. The number of fused-ring (bicyclic) bond motifs is 1. The third-order valence-corrected chi connectivity index (χ3v) is 5.24. The maximum atomic E-state index is 13.2. The fraction of sp³-hybridized carbons (Fsp3) is 0.286. The Bertz CT molecular complexity index is 1230. The molecule has 12 heteroatoms. The highest BCUT2D eigenvalue weighted by molar-refractivity contribution is 5.93. The van der Waals surface area contributed by atoms with Crippen molar-refractivity contribution in [1.29, 1.82) is 0 Å². The standard InChI is InChI=1S/C21H20O12/c22-6-11(26)18-15(29)16(30)21(32-18)33-20-14(28)12-9(24)5-10(25)13(27)19(12)31-17(20)7-1-3-8(23)4-2-7/h1-5,11,15-16,18,21-27,29-30H,6H2/t11-,15?,16+,18+,21+/m1/s1. The Labute approximate surface area is 184 Å². The summed E-state index contributed by atoms with van der Waals surface area (Å²) in [5.74, 6) is -3.37. The summed E-state index contributed by atoms with van der Waals surface area (Å²) in [7, 11) is 0. The van der Waals surface area contributed by atoms with Gasteiger partial charge in [-0.2, -0.15) is 0 Å². The highest BCUT2D eigenvalue weighted by Crippen LogP contribution is 2.42. The summed E-state index contributed by atoms with van der Waals surface area (Å²) in [5.41, 5.74) is -1.43. The lowest BCUT2D eigenvalue weighted by Crippen LogP contribution is -2.40. The number of aliphatic hydroxyl groups is 4. The number of phenols is 4. The van der Waals surface area contributed by atoms with E-state index in [0.717, 1.165) is 6.07 Å². The molecule has 1 aliphatic rings. The molecule has 8 N–H and O–H groups in total. The number of hydrogen-bond donors (Lipinski definition) is 8. The Hall–Kier alpha value is -3.55. The van der Waals surface area contributed by atoms with Crippen LogP contribution in [0.3, 0.4) is 0 Å². The van der Waals surface area contributed by atoms with E-state index in [0.29, 0.717) is 0 Å². The van der Waals surface area contributed by atoms with Crippen molar-refractivity contribution in [2.24, 2.45) is 0 Å². The molecule has 1 unspecified atom stereocenters. The molecule has 1 aromatic heterocycles. The fourth-order valence-electron chi connectivity index (χ4n) is 3.52. The Morgan fingerprint density at radius 1 is 1.00 bits per heavy atom. The number of aromatic hydroxyl groups is 4. The van der Waals surface area contributed by atoms with Gasteiger partial charge in [0.15, 0.2) is 17.1 Å². The minimum atomic E-state index is -1.75. The zero-order chi connectivity index (χ0) is 24.0. The van der Waals surface area contributed by atoms with Gasteiger partial charge in [0.1, 0.15) is 41.3 Å². The summed E-state index contributed by atoms with van der Waals surface area (Å²) in [6.07, 6.45) is -8.11. The van der Waals surface area contributed by atoms with Crippen LogP contribution in [0.4, 0.5) is 0 Å². The normalized spacial score (nSPS) is 23.6. The second kappa shape index (κ2) is 8.42. The van der Waals surface area contributed by atoms with Crippen LogP contribution >= 0.6 is 0 Å². The third kappa shape index (κ3) is 3.79. The predicted molar refractivity (Wildman–Crippen MR) is 109 cm³/mol. The largest absolute Gasteiger partial charge is 0.508 e. The van der Waals surface area contributed by atoms with Crippen LogP contribution < -0.4 is 10.2 Å². The molecule has 0 amide bonds. The number of rotatable bonds is 5. The van der Waals surface area contributed by atoms with Crippen LogP contribution in [0.25, 0.3) is 22.3 Å². The van der Waals surface area contributed by atoms with Gasteiger partial charge in [0, 0.05) is 11.6 Å². The summed E-state index contributed by atoms with van der Waals surface area (Å²) in [5, 5.41) is 78.5. The van der Waals surface area contributed by atoms with Crippen LogP contribution in [-0.2, 0) is 4.74 Å². The topological polar surface area (TPSA) is 211 Å². The van der Waals surface area contributed by atoms with E-state index in [-0.39, 0.29) is 17.1 Å². The van der Waals surface area contributed by atoms with Gasteiger partial charge >= 0.3 is 0 Å². The van der Waals surface area contributed by atoms with Crippen molar-refractivity contribution in [3.8, 4) is 40.1 Å². The van der Waals surface area contributed by atoms with Gasteiger partial charge in [-0.05, 0) is 24.3 Å². The number of aliphatic hydroxyl groups excluding tert-OH is 4. The van der Waals surface area contributed by atoms with E-state index >= 15 is 0 Å². The maximum Gasteiger partial charge on any atom is 0.239 e. The van der Waals surface area contributed by atoms with E-state index in [1.807, 2.05) is 0 Å². The molecule has 4 rings (SSSR count). The number of hydrogen-bond acceptors (Lipinski definition) is 12. The first kappa shape index (κ1) is 22.6. The molecule has 3 aromatic rings. The highest BCUT2D eigenvalue weighted by Gasteiger charge is 2.48. The molecule has 12 nitrogen and oxygen atoms in total. The van der Waals surface area contributed by atoms with Gasteiger partial charge in [-0.3, -0.25) is 4.79 Å². The average Bonchev–Trinajstić information content (AvgIpc) is 3.07. The van der Waals surface area contributed by atoms with E-state index < -0.39 is 76.7 Å². The van der Waals surface area contributed by atoms with Gasteiger partial charge in [-0.1, -0.05) is 0 Å². The smallest absolute Gasteiger partial charge is 0.239 e. The predicted octanol–water partition coefficient (Wildman–Crippen LogP) is -0.539. The van der Waals surface area contributed by atoms with Crippen molar-refractivity contribution in [3.63, 3.8) is 0 Å². The highest BCUT2D eigenvalue weighted by atomic mass is 16.7. The lowest BCUT2D eigenvalue weighted by Gasteiger charge is -2.19. The van der Waals surface area contributed by atoms with Gasteiger partial charge < -0.3 is 54.7 Å². The lowest BCUT2D eigenvalue weighted by atomic mass is 10.1. The number of benzene rings is 2. The van der Waals surface area contributed by atoms with E-state index in [2.05, 4.69) is 0 Å². The third-order valence-electron chi connectivity index (χ3n) is 5.24. The van der Waals surface area contributed by atoms with Crippen molar-refractivity contribution in [3.05, 3.63) is 40.6 Å². The Balaban J connectivity index is 1.89. The van der Waals surface area contributed by atoms with Crippen LogP contribution in [0.15, 0.2) is 39.5 Å². The van der Waals surface area contributed by atoms with E-state index in [1.165, 1.54) is 24.3 Å². The zero-order valence-electron chi connectivity index (χ0n) is 16.7. The lowest BCUT2D eigenvalue weighted by molar-refractivity contribution is -0.137. The van der Waals surface area contributed by atoms with Gasteiger partial charge in [-0.25, -0.2) is 0 Å². The van der Waals surface area contributed by atoms with Crippen molar-refractivity contribution in [1.82, 2.24) is 0 Å². The van der Waals surface area contributed by atoms with E-state index in [4.69, 9.17) is 19.0 Å². The molecule has 2 aromatic carbocycles. The first-order valence-corrected chi connectivity index (χ1v) is 9.65. The van der Waals surface area contributed by atoms with E-state index in [9.17, 15) is 40.5 Å². The van der Waals surface area contributed by atoms with Crippen molar-refractivity contribution in [2.75, 3.05) is 6.61 Å². The minimum Gasteiger partial charge on any atom is -0.508 e. The van der Waals surface area contributed by atoms with Crippen LogP contribution in [-0.4, -0.2) is 78.2 Å². The molecule has 1 saturated heterocycles. The summed E-state index contributed by atoms with van der Waals surface area (Å²) in [4.78, 5) is 13.2. The molecule has 0 spiro atoms. The summed E-state index contributed by atoms with van der Waals surface area (Å²) in [6, 6.07) is 5.93. The van der Waals surface area contributed by atoms with Crippen molar-refractivity contribution in [2.45, 2.75) is 30.7 Å². The first-order valence-electron chi connectivity index (χ1n) is 9.65. The number of phenolic OH excluding ortho intramolecular Hbond substituents is 4. The van der Waals surface area contributed by atoms with Crippen LogP contribution in [0, 0.1) is 0 Å². The molecule has 5 atom stereocenters. The molecular weight excluding hydrogens is 444 g/mol. The first-order chi connectivity index (χ1) is 15.6. The van der Waals surface area contributed by atoms with Crippen LogP contribution in [0.5, 0.6) is 28.7 Å². The van der Waals surface area contributed by atoms with Gasteiger partial charge in [0.05, 0.1) is 6.61 Å². The second-order valence-corrected chi connectivity index (χ2v) is 7.42. The Kier molecular flexibility index (Phi) is 5.78.